The first kappa shape index (κ1) is 11.4. The maximum absolute atomic E-state index is 10.9. The Labute approximate surface area is 89.2 Å². The molecule has 0 fully saturated rings. The number of methoxy groups -OCH3 is 1. The van der Waals surface area contributed by atoms with E-state index in [9.17, 15) is 4.79 Å². The highest BCUT2D eigenvalue weighted by molar-refractivity contribution is 5.84. The Balaban J connectivity index is 2.60. The summed E-state index contributed by atoms with van der Waals surface area (Å²) in [6, 6.07) is 7.11. The molecule has 1 aromatic rings. The fraction of sp³-hybridized carbons (Fsp3) is 0.364. The second kappa shape index (κ2) is 5.24. The number of carbonyl (C=O) groups excluding carboxylic acids is 1. The Bertz CT molecular complexity index is 319. The summed E-state index contributed by atoms with van der Waals surface area (Å²) in [4.78, 5) is 10.9. The minimum absolute atomic E-state index is 0.143. The van der Waals surface area contributed by atoms with Crippen LogP contribution in [0, 0.1) is 0 Å². The van der Waals surface area contributed by atoms with E-state index in [-0.39, 0.29) is 6.10 Å². The predicted molar refractivity (Wildman–Crippen MR) is 58.2 cm³/mol. The van der Waals surface area contributed by atoms with Crippen molar-refractivity contribution < 1.29 is 14.3 Å². The van der Waals surface area contributed by atoms with E-state index in [1.54, 1.807) is 24.3 Å². The Morgan fingerprint density at radius 2 is 1.87 bits per heavy atom. The molecule has 0 unspecified atom stereocenters. The van der Waals surface area contributed by atoms with Gasteiger partial charge in [-0.2, -0.15) is 0 Å². The van der Waals surface area contributed by atoms with Crippen LogP contribution in [0.25, 0.3) is 0 Å². The molecule has 0 heterocycles. The number of amides is 1. The van der Waals surface area contributed by atoms with Crippen LogP contribution in [0.5, 0.6) is 5.75 Å². The van der Waals surface area contributed by atoms with E-state index in [1.807, 2.05) is 13.8 Å². The van der Waals surface area contributed by atoms with Gasteiger partial charge in [0.2, 0.25) is 0 Å². The molecule has 4 heteroatoms. The van der Waals surface area contributed by atoms with Crippen LogP contribution in [-0.4, -0.2) is 19.3 Å². The van der Waals surface area contributed by atoms with E-state index in [4.69, 9.17) is 4.74 Å². The molecule has 15 heavy (non-hydrogen) atoms. The molecule has 0 saturated carbocycles. The first-order valence-electron chi connectivity index (χ1n) is 4.73. The minimum Gasteiger partial charge on any atom is -0.491 e. The molecule has 1 rings (SSSR count). The molecule has 4 nitrogen and oxygen atoms in total. The Morgan fingerprint density at radius 1 is 1.27 bits per heavy atom. The average Bonchev–Trinajstić information content (AvgIpc) is 2.20. The van der Waals surface area contributed by atoms with Gasteiger partial charge in [0.25, 0.3) is 0 Å². The molecule has 1 amide bonds. The van der Waals surface area contributed by atoms with Crippen LogP contribution in [0.4, 0.5) is 10.5 Å². The third-order valence-corrected chi connectivity index (χ3v) is 1.66. The van der Waals surface area contributed by atoms with Crippen LogP contribution in [0.1, 0.15) is 13.8 Å². The molecule has 0 atom stereocenters. The van der Waals surface area contributed by atoms with Gasteiger partial charge in [-0.05, 0) is 38.1 Å². The normalized spacial score (nSPS) is 9.87. The minimum atomic E-state index is -0.479. The summed E-state index contributed by atoms with van der Waals surface area (Å²) in [6.07, 6.45) is -0.336. The summed E-state index contributed by atoms with van der Waals surface area (Å²) in [5.41, 5.74) is 0.679. The topological polar surface area (TPSA) is 47.6 Å². The van der Waals surface area contributed by atoms with Crippen molar-refractivity contribution in [2.75, 3.05) is 12.4 Å². The lowest BCUT2D eigenvalue weighted by Crippen LogP contribution is -2.11. The number of nitrogens with one attached hydrogen (secondary N) is 1. The van der Waals surface area contributed by atoms with E-state index < -0.39 is 6.09 Å². The van der Waals surface area contributed by atoms with Gasteiger partial charge in [-0.25, -0.2) is 4.79 Å². The van der Waals surface area contributed by atoms with Gasteiger partial charge in [0, 0.05) is 5.69 Å². The first-order valence-corrected chi connectivity index (χ1v) is 4.73. The van der Waals surface area contributed by atoms with Crippen molar-refractivity contribution in [3.8, 4) is 5.75 Å². The van der Waals surface area contributed by atoms with E-state index >= 15 is 0 Å². The molecule has 0 aliphatic rings. The van der Waals surface area contributed by atoms with E-state index in [0.29, 0.717) is 5.69 Å². The molecule has 0 saturated heterocycles. The lowest BCUT2D eigenvalue weighted by atomic mass is 10.3. The molecular formula is C11H15NO3. The fourth-order valence-electron chi connectivity index (χ4n) is 1.06. The number of benzene rings is 1. The van der Waals surface area contributed by atoms with E-state index in [0.717, 1.165) is 5.75 Å². The zero-order valence-electron chi connectivity index (χ0n) is 9.11. The Hall–Kier alpha value is -1.71. The van der Waals surface area contributed by atoms with Crippen molar-refractivity contribution in [1.82, 2.24) is 0 Å². The summed E-state index contributed by atoms with van der Waals surface area (Å²) in [7, 11) is 1.32. The van der Waals surface area contributed by atoms with E-state index in [2.05, 4.69) is 10.1 Å². The maximum atomic E-state index is 10.9. The standard InChI is InChI=1S/C11H15NO3/c1-8(2)15-10-6-4-9(5-7-10)12-11(13)14-3/h4-8H,1-3H3,(H,12,13). The third-order valence-electron chi connectivity index (χ3n) is 1.66. The Morgan fingerprint density at radius 3 is 2.33 bits per heavy atom. The summed E-state index contributed by atoms with van der Waals surface area (Å²) in [5.74, 6) is 0.778. The number of hydrogen-bond donors (Lipinski definition) is 1. The highest BCUT2D eigenvalue weighted by Crippen LogP contribution is 2.16. The van der Waals surface area contributed by atoms with Gasteiger partial charge < -0.3 is 9.47 Å². The molecule has 0 aliphatic carbocycles. The quantitative estimate of drug-likeness (QED) is 0.832. The highest BCUT2D eigenvalue weighted by atomic mass is 16.5. The van der Waals surface area contributed by atoms with Crippen molar-refractivity contribution in [2.24, 2.45) is 0 Å². The number of hydrogen-bond acceptors (Lipinski definition) is 3. The smallest absolute Gasteiger partial charge is 0.411 e. The van der Waals surface area contributed by atoms with Crippen LogP contribution < -0.4 is 10.1 Å². The number of rotatable bonds is 3. The van der Waals surface area contributed by atoms with Gasteiger partial charge in [0.15, 0.2) is 0 Å². The molecule has 0 spiro atoms. The fourth-order valence-corrected chi connectivity index (χ4v) is 1.06. The summed E-state index contributed by atoms with van der Waals surface area (Å²) in [5, 5.41) is 2.56. The van der Waals surface area contributed by atoms with Gasteiger partial charge in [-0.3, -0.25) is 5.32 Å². The average molecular weight is 209 g/mol. The van der Waals surface area contributed by atoms with Gasteiger partial charge >= 0.3 is 6.09 Å². The number of anilines is 1. The maximum Gasteiger partial charge on any atom is 0.411 e. The second-order valence-corrected chi connectivity index (χ2v) is 3.31. The lowest BCUT2D eigenvalue weighted by molar-refractivity contribution is 0.187. The summed E-state index contributed by atoms with van der Waals surface area (Å²) < 4.78 is 9.92. The SMILES string of the molecule is COC(=O)Nc1ccc(OC(C)C)cc1. The van der Waals surface area contributed by atoms with Gasteiger partial charge in [0.1, 0.15) is 5.75 Å². The molecule has 82 valence electrons. The van der Waals surface area contributed by atoms with Gasteiger partial charge in [0.05, 0.1) is 13.2 Å². The van der Waals surface area contributed by atoms with Crippen LogP contribution in [0.3, 0.4) is 0 Å². The van der Waals surface area contributed by atoms with Crippen LogP contribution >= 0.6 is 0 Å². The molecular weight excluding hydrogens is 194 g/mol. The summed E-state index contributed by atoms with van der Waals surface area (Å²) >= 11 is 0. The van der Waals surface area contributed by atoms with Crippen molar-refractivity contribution in [1.29, 1.82) is 0 Å². The van der Waals surface area contributed by atoms with Crippen LogP contribution in [0.15, 0.2) is 24.3 Å². The third kappa shape index (κ3) is 3.89. The molecule has 0 aromatic heterocycles. The summed E-state index contributed by atoms with van der Waals surface area (Å²) in [6.45, 7) is 3.92. The largest absolute Gasteiger partial charge is 0.491 e. The van der Waals surface area contributed by atoms with E-state index in [1.165, 1.54) is 7.11 Å². The number of ether oxygens (including phenoxy) is 2. The predicted octanol–water partition coefficient (Wildman–Crippen LogP) is 2.65. The highest BCUT2D eigenvalue weighted by Gasteiger charge is 2.01. The monoisotopic (exact) mass is 209 g/mol. The first-order chi connectivity index (χ1) is 7.11. The molecule has 0 aliphatic heterocycles. The molecule has 0 bridgehead atoms. The zero-order valence-corrected chi connectivity index (χ0v) is 9.11. The Kier molecular flexibility index (Phi) is 3.97. The zero-order chi connectivity index (χ0) is 11.3. The second-order valence-electron chi connectivity index (χ2n) is 3.31. The molecule has 1 aromatic carbocycles. The molecule has 0 radical (unpaired) electrons. The molecule has 1 N–H and O–H groups in total. The van der Waals surface area contributed by atoms with Gasteiger partial charge in [-0.1, -0.05) is 0 Å². The van der Waals surface area contributed by atoms with Gasteiger partial charge in [-0.15, -0.1) is 0 Å². The number of carbonyl (C=O) groups is 1. The van der Waals surface area contributed by atoms with Crippen molar-refractivity contribution in [3.05, 3.63) is 24.3 Å². The lowest BCUT2D eigenvalue weighted by Gasteiger charge is -2.10. The van der Waals surface area contributed by atoms with Crippen LogP contribution in [0.2, 0.25) is 0 Å². The van der Waals surface area contributed by atoms with Crippen molar-refractivity contribution in [3.63, 3.8) is 0 Å². The van der Waals surface area contributed by atoms with Crippen molar-refractivity contribution in [2.45, 2.75) is 20.0 Å². The van der Waals surface area contributed by atoms with Crippen molar-refractivity contribution >= 4 is 11.8 Å². The van der Waals surface area contributed by atoms with Crippen LogP contribution in [-0.2, 0) is 4.74 Å².